The van der Waals surface area contributed by atoms with Crippen LogP contribution in [0.1, 0.15) is 11.1 Å². The number of aromatic nitrogens is 2. The SMILES string of the molecule is Cc1c(Cl)nnc(N2CCN(C)c3ccccc32)c1C. The second kappa shape index (κ2) is 4.94. The van der Waals surface area contributed by atoms with Crippen LogP contribution >= 0.6 is 11.6 Å². The van der Waals surface area contributed by atoms with Crippen molar-refractivity contribution in [1.29, 1.82) is 0 Å². The molecule has 1 aliphatic rings. The highest BCUT2D eigenvalue weighted by Crippen LogP contribution is 2.37. The number of fused-ring (bicyclic) bond motifs is 1. The predicted octanol–water partition coefficient (Wildman–Crippen LogP) is 3.33. The zero-order valence-corrected chi connectivity index (χ0v) is 12.6. The van der Waals surface area contributed by atoms with Crippen molar-refractivity contribution in [2.24, 2.45) is 0 Å². The summed E-state index contributed by atoms with van der Waals surface area (Å²) in [4.78, 5) is 4.48. The highest BCUT2D eigenvalue weighted by Gasteiger charge is 2.24. The Bertz CT molecular complexity index is 656. The molecule has 0 spiro atoms. The second-order valence-electron chi connectivity index (χ2n) is 5.13. The molecular formula is C15H17ClN4. The molecule has 3 rings (SSSR count). The summed E-state index contributed by atoms with van der Waals surface area (Å²) in [5.41, 5.74) is 4.46. The van der Waals surface area contributed by atoms with Crippen LogP contribution in [-0.2, 0) is 0 Å². The largest absolute Gasteiger partial charge is 0.371 e. The number of benzene rings is 1. The molecule has 0 amide bonds. The molecule has 0 radical (unpaired) electrons. The van der Waals surface area contributed by atoms with E-state index in [4.69, 9.17) is 11.6 Å². The van der Waals surface area contributed by atoms with Crippen LogP contribution in [0.5, 0.6) is 0 Å². The fraction of sp³-hybridized carbons (Fsp3) is 0.333. The Labute approximate surface area is 124 Å². The number of hydrogen-bond donors (Lipinski definition) is 0. The summed E-state index contributed by atoms with van der Waals surface area (Å²) >= 11 is 6.05. The zero-order valence-electron chi connectivity index (χ0n) is 11.9. The van der Waals surface area contributed by atoms with Crippen LogP contribution < -0.4 is 9.80 Å². The molecule has 1 aromatic heterocycles. The molecule has 4 nitrogen and oxygen atoms in total. The van der Waals surface area contributed by atoms with Crippen molar-refractivity contribution in [3.8, 4) is 0 Å². The lowest BCUT2D eigenvalue weighted by molar-refractivity contribution is 0.798. The van der Waals surface area contributed by atoms with Crippen LogP contribution in [0.2, 0.25) is 5.15 Å². The molecule has 0 atom stereocenters. The Hall–Kier alpha value is -1.81. The van der Waals surface area contributed by atoms with Crippen LogP contribution in [0.3, 0.4) is 0 Å². The van der Waals surface area contributed by atoms with Crippen LogP contribution in [0.15, 0.2) is 24.3 Å². The molecule has 104 valence electrons. The lowest BCUT2D eigenvalue weighted by Gasteiger charge is -2.36. The normalized spacial score (nSPS) is 14.4. The number of likely N-dealkylation sites (N-methyl/N-ethyl adjacent to an activating group) is 1. The van der Waals surface area contributed by atoms with E-state index in [1.807, 2.05) is 13.8 Å². The van der Waals surface area contributed by atoms with Crippen molar-refractivity contribution < 1.29 is 0 Å². The summed E-state index contributed by atoms with van der Waals surface area (Å²) in [7, 11) is 2.11. The van der Waals surface area contributed by atoms with Gasteiger partial charge >= 0.3 is 0 Å². The van der Waals surface area contributed by atoms with Crippen LogP contribution in [0.4, 0.5) is 17.2 Å². The first-order chi connectivity index (χ1) is 9.59. The number of rotatable bonds is 1. The van der Waals surface area contributed by atoms with E-state index in [2.05, 4.69) is 51.3 Å². The highest BCUT2D eigenvalue weighted by atomic mass is 35.5. The minimum absolute atomic E-state index is 0.480. The van der Waals surface area contributed by atoms with Gasteiger partial charge in [-0.2, -0.15) is 0 Å². The lowest BCUT2D eigenvalue weighted by Crippen LogP contribution is -2.37. The molecule has 0 aliphatic carbocycles. The predicted molar refractivity (Wildman–Crippen MR) is 83.2 cm³/mol. The third-order valence-electron chi connectivity index (χ3n) is 3.94. The Balaban J connectivity index is 2.13. The van der Waals surface area contributed by atoms with Gasteiger partial charge in [0.25, 0.3) is 0 Å². The molecule has 0 N–H and O–H groups in total. The highest BCUT2D eigenvalue weighted by molar-refractivity contribution is 6.30. The van der Waals surface area contributed by atoms with Crippen molar-refractivity contribution in [3.63, 3.8) is 0 Å². The first-order valence-corrected chi connectivity index (χ1v) is 7.04. The second-order valence-corrected chi connectivity index (χ2v) is 5.48. The average molecular weight is 289 g/mol. The Morgan fingerprint density at radius 2 is 1.70 bits per heavy atom. The van der Waals surface area contributed by atoms with E-state index in [9.17, 15) is 0 Å². The number of anilines is 3. The van der Waals surface area contributed by atoms with Gasteiger partial charge in [0.15, 0.2) is 11.0 Å². The van der Waals surface area contributed by atoms with E-state index in [0.717, 1.165) is 30.0 Å². The van der Waals surface area contributed by atoms with Crippen molar-refractivity contribution in [2.45, 2.75) is 13.8 Å². The minimum atomic E-state index is 0.480. The van der Waals surface area contributed by atoms with Gasteiger partial charge < -0.3 is 9.80 Å². The van der Waals surface area contributed by atoms with Gasteiger partial charge in [0, 0.05) is 20.1 Å². The van der Waals surface area contributed by atoms with Crippen molar-refractivity contribution >= 4 is 28.8 Å². The molecule has 20 heavy (non-hydrogen) atoms. The van der Waals surface area contributed by atoms with E-state index in [-0.39, 0.29) is 0 Å². The minimum Gasteiger partial charge on any atom is -0.371 e. The first-order valence-electron chi connectivity index (χ1n) is 6.66. The average Bonchev–Trinajstić information content (AvgIpc) is 2.47. The summed E-state index contributed by atoms with van der Waals surface area (Å²) in [5.74, 6) is 0.896. The summed E-state index contributed by atoms with van der Waals surface area (Å²) in [5, 5.41) is 8.86. The topological polar surface area (TPSA) is 32.3 Å². The fourth-order valence-electron chi connectivity index (χ4n) is 2.55. The maximum Gasteiger partial charge on any atom is 0.159 e. The molecule has 0 saturated heterocycles. The van der Waals surface area contributed by atoms with Gasteiger partial charge in [-0.3, -0.25) is 0 Å². The lowest BCUT2D eigenvalue weighted by atomic mass is 10.1. The van der Waals surface area contributed by atoms with E-state index < -0.39 is 0 Å². The summed E-state index contributed by atoms with van der Waals surface area (Å²) in [6.07, 6.45) is 0. The van der Waals surface area contributed by atoms with Gasteiger partial charge in [-0.15, -0.1) is 10.2 Å². The molecule has 5 heteroatoms. The molecule has 2 aromatic rings. The molecule has 0 fully saturated rings. The maximum atomic E-state index is 6.05. The molecule has 1 aromatic carbocycles. The van der Waals surface area contributed by atoms with Gasteiger partial charge in [0.05, 0.1) is 11.4 Å². The Morgan fingerprint density at radius 1 is 1.00 bits per heavy atom. The third-order valence-corrected chi connectivity index (χ3v) is 4.30. The zero-order chi connectivity index (χ0) is 14.3. The van der Waals surface area contributed by atoms with Gasteiger partial charge in [-0.1, -0.05) is 23.7 Å². The van der Waals surface area contributed by atoms with Crippen molar-refractivity contribution in [2.75, 3.05) is 29.9 Å². The number of halogens is 1. The fourth-order valence-corrected chi connectivity index (χ4v) is 2.73. The van der Waals surface area contributed by atoms with Gasteiger partial charge in [-0.25, -0.2) is 0 Å². The van der Waals surface area contributed by atoms with E-state index in [1.54, 1.807) is 0 Å². The van der Waals surface area contributed by atoms with Crippen molar-refractivity contribution in [1.82, 2.24) is 10.2 Å². The molecule has 0 bridgehead atoms. The summed E-state index contributed by atoms with van der Waals surface area (Å²) < 4.78 is 0. The molecule has 0 saturated carbocycles. The van der Waals surface area contributed by atoms with E-state index >= 15 is 0 Å². The smallest absolute Gasteiger partial charge is 0.159 e. The van der Waals surface area contributed by atoms with Gasteiger partial charge in [0.2, 0.25) is 0 Å². The third kappa shape index (κ3) is 2.00. The number of nitrogens with zero attached hydrogens (tertiary/aromatic N) is 4. The Morgan fingerprint density at radius 3 is 2.45 bits per heavy atom. The van der Waals surface area contributed by atoms with Gasteiger partial charge in [-0.05, 0) is 37.1 Å². The van der Waals surface area contributed by atoms with Crippen LogP contribution in [0.25, 0.3) is 0 Å². The molecule has 2 heterocycles. The number of hydrogen-bond acceptors (Lipinski definition) is 4. The molecule has 0 unspecified atom stereocenters. The summed E-state index contributed by atoms with van der Waals surface area (Å²) in [6.45, 7) is 5.88. The number of para-hydroxylation sites is 2. The van der Waals surface area contributed by atoms with E-state index in [1.165, 1.54) is 11.4 Å². The van der Waals surface area contributed by atoms with E-state index in [0.29, 0.717) is 5.15 Å². The maximum absolute atomic E-state index is 6.05. The Kier molecular flexibility index (Phi) is 3.26. The first kappa shape index (κ1) is 13.2. The monoisotopic (exact) mass is 288 g/mol. The van der Waals surface area contributed by atoms with Crippen LogP contribution in [-0.4, -0.2) is 30.3 Å². The van der Waals surface area contributed by atoms with Crippen LogP contribution in [0, 0.1) is 13.8 Å². The molecule has 1 aliphatic heterocycles. The van der Waals surface area contributed by atoms with Gasteiger partial charge in [0.1, 0.15) is 0 Å². The quantitative estimate of drug-likeness (QED) is 0.806. The summed E-state index contributed by atoms with van der Waals surface area (Å²) in [6, 6.07) is 8.37. The van der Waals surface area contributed by atoms with Crippen molar-refractivity contribution in [3.05, 3.63) is 40.5 Å². The molecular weight excluding hydrogens is 272 g/mol. The standard InChI is InChI=1S/C15H17ClN4/c1-10-11(2)15(18-17-14(10)16)20-9-8-19(3)12-6-4-5-7-13(12)20/h4-7H,8-9H2,1-3H3.